The molecular weight excluding hydrogens is 436 g/mol. The van der Waals surface area contributed by atoms with Gasteiger partial charge in [-0.25, -0.2) is 0 Å². The molecule has 5 atom stereocenters. The first kappa shape index (κ1) is 21.9. The molecule has 5 aliphatic rings. The average Bonchev–Trinajstić information content (AvgIpc) is 3.61. The number of hydrogen-bond donors (Lipinski definition) is 2. The summed E-state index contributed by atoms with van der Waals surface area (Å²) in [5.74, 6) is 1.32. The number of benzene rings is 2. The highest BCUT2D eigenvalue weighted by Gasteiger charge is 2.70. The summed E-state index contributed by atoms with van der Waals surface area (Å²) < 4.78 is 7.11. The van der Waals surface area contributed by atoms with Crippen LogP contribution in [0.15, 0.2) is 48.5 Å². The van der Waals surface area contributed by atoms with Crippen LogP contribution in [0.4, 0.5) is 0 Å². The number of hydrogen-bond acceptors (Lipinski definition) is 4. The van der Waals surface area contributed by atoms with Gasteiger partial charge >= 0.3 is 0 Å². The van der Waals surface area contributed by atoms with E-state index in [1.54, 1.807) is 0 Å². The zero-order chi connectivity index (χ0) is 23.6. The van der Waals surface area contributed by atoms with Gasteiger partial charge in [-0.2, -0.15) is 0 Å². The van der Waals surface area contributed by atoms with Crippen molar-refractivity contribution in [1.29, 1.82) is 0 Å². The molecule has 2 aromatic carbocycles. The largest absolute Gasteiger partial charge is 0.508 e. The number of ether oxygens (including phenoxy) is 1. The molecule has 2 aliphatic carbocycles. The summed E-state index contributed by atoms with van der Waals surface area (Å²) in [5, 5.41) is 13.9. The third-order valence-corrected chi connectivity index (χ3v) is 9.84. The number of aryl methyl sites for hydroxylation is 1. The van der Waals surface area contributed by atoms with Gasteiger partial charge in [0, 0.05) is 24.4 Å². The summed E-state index contributed by atoms with van der Waals surface area (Å²) in [6, 6.07) is 16.7. The molecule has 2 N–H and O–H groups in total. The predicted molar refractivity (Wildman–Crippen MR) is 134 cm³/mol. The fourth-order valence-corrected chi connectivity index (χ4v) is 8.06. The van der Waals surface area contributed by atoms with E-state index < -0.39 is 0 Å². The number of phenols is 1. The van der Waals surface area contributed by atoms with Crippen molar-refractivity contribution < 1.29 is 14.6 Å². The predicted octanol–water partition coefficient (Wildman–Crippen LogP) is 4.11. The molecule has 0 radical (unpaired) electrons. The van der Waals surface area contributed by atoms with Crippen molar-refractivity contribution in [3.05, 3.63) is 65.2 Å². The number of fused-ring (bicyclic) bond motifs is 2. The molecule has 3 aliphatic heterocycles. The Balaban J connectivity index is 1.18. The van der Waals surface area contributed by atoms with Gasteiger partial charge in [0.25, 0.3) is 0 Å². The highest BCUT2D eigenvalue weighted by Crippen LogP contribution is 2.63. The van der Waals surface area contributed by atoms with Crippen LogP contribution in [0, 0.1) is 5.92 Å². The summed E-state index contributed by atoms with van der Waals surface area (Å²) in [6.07, 6.45) is 9.10. The van der Waals surface area contributed by atoms with Crippen molar-refractivity contribution in [1.82, 2.24) is 10.2 Å². The molecule has 4 bridgehead atoms. The topological polar surface area (TPSA) is 61.8 Å². The highest BCUT2D eigenvalue weighted by molar-refractivity contribution is 5.76. The molecule has 7 rings (SSSR count). The van der Waals surface area contributed by atoms with Crippen molar-refractivity contribution in [2.45, 2.75) is 87.0 Å². The zero-order valence-electron chi connectivity index (χ0n) is 20.4. The van der Waals surface area contributed by atoms with E-state index in [9.17, 15) is 9.90 Å². The average molecular weight is 473 g/mol. The number of aromatic hydroxyl groups is 1. The first-order chi connectivity index (χ1) is 17.1. The molecule has 1 amide bonds. The molecule has 3 saturated heterocycles. The Hall–Kier alpha value is -2.37. The Kier molecular flexibility index (Phi) is 5.05. The lowest BCUT2D eigenvalue weighted by Crippen LogP contribution is -2.74. The number of likely N-dealkylation sites (tertiary alicyclic amines) is 1. The molecule has 1 saturated carbocycles. The van der Waals surface area contributed by atoms with E-state index in [0.717, 1.165) is 51.0 Å². The van der Waals surface area contributed by atoms with Crippen molar-refractivity contribution in [2.24, 2.45) is 5.92 Å². The smallest absolute Gasteiger partial charge is 0.220 e. The number of amides is 1. The number of carbonyl (C=O) groups is 1. The SMILES string of the molecule is O=C(CCc1ccccc1)N[C@@H]1C[C@]23CCN(CC4CC4)[C@H](Cc4ccc(O)cc42)[C@@]32CCC1O2. The second kappa shape index (κ2) is 8.07. The van der Waals surface area contributed by atoms with E-state index in [0.29, 0.717) is 18.2 Å². The molecule has 0 aromatic heterocycles. The Morgan fingerprint density at radius 2 is 1.97 bits per heavy atom. The molecule has 35 heavy (non-hydrogen) atoms. The molecule has 5 nitrogen and oxygen atoms in total. The van der Waals surface area contributed by atoms with E-state index in [2.05, 4.69) is 28.4 Å². The summed E-state index contributed by atoms with van der Waals surface area (Å²) in [6.45, 7) is 2.28. The van der Waals surface area contributed by atoms with Crippen molar-refractivity contribution in [3.8, 4) is 5.75 Å². The van der Waals surface area contributed by atoms with Crippen LogP contribution in [0.2, 0.25) is 0 Å². The fourth-order valence-electron chi connectivity index (χ4n) is 8.06. The Bertz CT molecular complexity index is 1130. The molecule has 2 aromatic rings. The monoisotopic (exact) mass is 472 g/mol. The van der Waals surface area contributed by atoms with Gasteiger partial charge in [-0.05, 0) is 92.7 Å². The summed E-state index contributed by atoms with van der Waals surface area (Å²) in [4.78, 5) is 15.8. The Morgan fingerprint density at radius 1 is 1.11 bits per heavy atom. The van der Waals surface area contributed by atoms with Gasteiger partial charge in [0.2, 0.25) is 5.91 Å². The number of phenolic OH excluding ortho intramolecular Hbond substituents is 1. The van der Waals surface area contributed by atoms with Gasteiger partial charge in [0.05, 0.1) is 17.7 Å². The highest BCUT2D eigenvalue weighted by atomic mass is 16.5. The van der Waals surface area contributed by atoms with Gasteiger partial charge in [0.15, 0.2) is 0 Å². The maximum absolute atomic E-state index is 13.1. The van der Waals surface area contributed by atoms with E-state index in [4.69, 9.17) is 4.74 Å². The van der Waals surface area contributed by atoms with E-state index >= 15 is 0 Å². The second-order valence-electron chi connectivity index (χ2n) is 11.8. The van der Waals surface area contributed by atoms with Crippen LogP contribution < -0.4 is 5.32 Å². The lowest BCUT2D eigenvalue weighted by Gasteiger charge is -2.65. The molecular formula is C30H36N2O3. The molecule has 184 valence electrons. The van der Waals surface area contributed by atoms with Gasteiger partial charge in [0.1, 0.15) is 5.75 Å². The minimum atomic E-state index is -0.198. The first-order valence-electron chi connectivity index (χ1n) is 13.6. The van der Waals surface area contributed by atoms with Crippen molar-refractivity contribution in [2.75, 3.05) is 13.1 Å². The standard InChI is InChI=1S/C30H36N2O3/c33-23-10-9-22-16-27-30-13-12-26(35-30)25(31-28(34)11-8-20-4-2-1-3-5-20)18-29(30,24(22)17-23)14-15-32(27)19-21-6-7-21/h1-5,9-10,17,21,25-27,33H,6-8,11-16,18-19H2,(H,31,34)/t25-,26?,27-,29-,30+/m1/s1. The van der Waals surface area contributed by atoms with E-state index in [-0.39, 0.29) is 29.1 Å². The summed E-state index contributed by atoms with van der Waals surface area (Å²) >= 11 is 0. The normalized spacial score (nSPS) is 35.3. The quantitative estimate of drug-likeness (QED) is 0.664. The summed E-state index contributed by atoms with van der Waals surface area (Å²) in [5.41, 5.74) is 3.50. The van der Waals surface area contributed by atoms with Gasteiger partial charge in [-0.15, -0.1) is 0 Å². The van der Waals surface area contributed by atoms with Gasteiger partial charge in [-0.1, -0.05) is 36.4 Å². The van der Waals surface area contributed by atoms with Crippen molar-refractivity contribution >= 4 is 5.91 Å². The van der Waals surface area contributed by atoms with Crippen LogP contribution in [0.25, 0.3) is 0 Å². The maximum Gasteiger partial charge on any atom is 0.220 e. The maximum atomic E-state index is 13.1. The van der Waals surface area contributed by atoms with Crippen LogP contribution in [0.5, 0.6) is 5.75 Å². The van der Waals surface area contributed by atoms with Gasteiger partial charge in [-0.3, -0.25) is 9.69 Å². The van der Waals surface area contributed by atoms with Crippen LogP contribution in [-0.4, -0.2) is 52.8 Å². The number of nitrogens with one attached hydrogen (secondary N) is 1. The zero-order valence-corrected chi connectivity index (χ0v) is 20.4. The lowest BCUT2D eigenvalue weighted by atomic mass is 9.51. The van der Waals surface area contributed by atoms with Crippen LogP contribution in [0.1, 0.15) is 61.6 Å². The molecule has 3 heterocycles. The summed E-state index contributed by atoms with van der Waals surface area (Å²) in [7, 11) is 0. The molecule has 5 heteroatoms. The first-order valence-corrected chi connectivity index (χ1v) is 13.6. The van der Waals surface area contributed by atoms with Crippen LogP contribution >= 0.6 is 0 Å². The van der Waals surface area contributed by atoms with Crippen LogP contribution in [0.3, 0.4) is 0 Å². The van der Waals surface area contributed by atoms with E-state index in [1.807, 2.05) is 30.3 Å². The lowest BCUT2D eigenvalue weighted by molar-refractivity contribution is -0.209. The molecule has 4 fully saturated rings. The minimum absolute atomic E-state index is 0.0258. The Morgan fingerprint density at radius 3 is 2.80 bits per heavy atom. The molecule has 1 unspecified atom stereocenters. The molecule has 1 spiro atoms. The number of carbonyl (C=O) groups excluding carboxylic acids is 1. The van der Waals surface area contributed by atoms with Gasteiger partial charge < -0.3 is 15.2 Å². The number of rotatable bonds is 6. The minimum Gasteiger partial charge on any atom is -0.508 e. The van der Waals surface area contributed by atoms with Crippen LogP contribution in [-0.2, 0) is 27.8 Å². The van der Waals surface area contributed by atoms with Crippen molar-refractivity contribution in [3.63, 3.8) is 0 Å². The Labute approximate surface area is 207 Å². The fraction of sp³-hybridized carbons (Fsp3) is 0.567. The third-order valence-electron chi connectivity index (χ3n) is 9.84. The second-order valence-corrected chi connectivity index (χ2v) is 11.8. The third kappa shape index (κ3) is 3.46. The number of piperidine rings is 1. The number of nitrogens with zero attached hydrogens (tertiary/aromatic N) is 1. The van der Waals surface area contributed by atoms with E-state index in [1.165, 1.54) is 36.1 Å².